The average molecular weight is 327 g/mol. The van der Waals surface area contributed by atoms with Gasteiger partial charge in [0.05, 0.1) is 11.1 Å². The first kappa shape index (κ1) is 16.8. The van der Waals surface area contributed by atoms with Gasteiger partial charge in [0.2, 0.25) is 0 Å². The molecule has 0 fully saturated rings. The van der Waals surface area contributed by atoms with Crippen LogP contribution in [0.15, 0.2) is 53.6 Å². The highest BCUT2D eigenvalue weighted by Crippen LogP contribution is 2.17. The van der Waals surface area contributed by atoms with Crippen molar-refractivity contribution in [3.63, 3.8) is 0 Å². The van der Waals surface area contributed by atoms with Crippen molar-refractivity contribution in [2.45, 2.75) is 6.92 Å². The van der Waals surface area contributed by atoms with E-state index in [1.807, 2.05) is 0 Å². The van der Waals surface area contributed by atoms with Gasteiger partial charge in [-0.25, -0.2) is 5.43 Å². The van der Waals surface area contributed by atoms with E-state index in [-0.39, 0.29) is 11.3 Å². The summed E-state index contributed by atoms with van der Waals surface area (Å²) in [7, 11) is 0. The van der Waals surface area contributed by atoms with E-state index in [1.54, 1.807) is 24.3 Å². The number of ether oxygens (including phenoxy) is 1. The number of amides is 1. The van der Waals surface area contributed by atoms with Gasteiger partial charge >= 0.3 is 5.97 Å². The molecule has 122 valence electrons. The van der Waals surface area contributed by atoms with E-state index in [0.29, 0.717) is 11.3 Å². The molecule has 0 aliphatic heterocycles. The number of para-hydroxylation sites is 1. The van der Waals surface area contributed by atoms with Crippen LogP contribution in [0.1, 0.15) is 22.8 Å². The Morgan fingerprint density at radius 1 is 1.21 bits per heavy atom. The number of nitro groups is 1. The van der Waals surface area contributed by atoms with E-state index >= 15 is 0 Å². The van der Waals surface area contributed by atoms with Crippen molar-refractivity contribution in [2.24, 2.45) is 5.10 Å². The Hall–Kier alpha value is -3.55. The van der Waals surface area contributed by atoms with Crippen LogP contribution in [0, 0.1) is 10.1 Å². The largest absolute Gasteiger partial charge is 0.427 e. The smallest absolute Gasteiger partial charge is 0.308 e. The summed E-state index contributed by atoms with van der Waals surface area (Å²) in [5, 5.41) is 14.6. The van der Waals surface area contributed by atoms with E-state index in [1.165, 1.54) is 37.4 Å². The van der Waals surface area contributed by atoms with Gasteiger partial charge in [-0.1, -0.05) is 24.3 Å². The summed E-state index contributed by atoms with van der Waals surface area (Å²) in [5.41, 5.74) is 2.41. The monoisotopic (exact) mass is 327 g/mol. The van der Waals surface area contributed by atoms with Gasteiger partial charge in [0.15, 0.2) is 0 Å². The van der Waals surface area contributed by atoms with E-state index in [4.69, 9.17) is 4.74 Å². The molecule has 1 amide bonds. The standard InChI is InChI=1S/C16H13N3O5/c1-11(20)24-13-6-4-5-12(9-13)10-17-18-16(21)14-7-2-3-8-15(14)19(22)23/h2-10H,1H3,(H,18,21)/b17-10-. The van der Waals surface area contributed by atoms with Crippen LogP contribution in [0.2, 0.25) is 0 Å². The lowest BCUT2D eigenvalue weighted by Gasteiger charge is -2.02. The highest BCUT2D eigenvalue weighted by Gasteiger charge is 2.18. The molecule has 0 bridgehead atoms. The predicted octanol–water partition coefficient (Wildman–Crippen LogP) is 2.28. The highest BCUT2D eigenvalue weighted by molar-refractivity contribution is 5.98. The zero-order valence-electron chi connectivity index (χ0n) is 12.6. The molecule has 1 N–H and O–H groups in total. The first-order valence-electron chi connectivity index (χ1n) is 6.82. The van der Waals surface area contributed by atoms with Gasteiger partial charge in [0, 0.05) is 13.0 Å². The molecular weight excluding hydrogens is 314 g/mol. The molecule has 0 radical (unpaired) electrons. The third kappa shape index (κ3) is 4.47. The fourth-order valence-electron chi connectivity index (χ4n) is 1.87. The number of carbonyl (C=O) groups excluding carboxylic acids is 2. The molecule has 0 aliphatic rings. The van der Waals surface area contributed by atoms with Gasteiger partial charge < -0.3 is 4.74 Å². The summed E-state index contributed by atoms with van der Waals surface area (Å²) in [5.74, 6) is -0.806. The summed E-state index contributed by atoms with van der Waals surface area (Å²) in [6.45, 7) is 1.29. The van der Waals surface area contributed by atoms with Crippen LogP contribution >= 0.6 is 0 Å². The minimum atomic E-state index is -0.699. The second-order valence-corrected chi connectivity index (χ2v) is 4.64. The number of nitrogens with one attached hydrogen (secondary N) is 1. The van der Waals surface area contributed by atoms with Crippen molar-refractivity contribution in [1.29, 1.82) is 0 Å². The molecule has 0 aliphatic carbocycles. The Morgan fingerprint density at radius 3 is 2.67 bits per heavy atom. The minimum absolute atomic E-state index is 0.0895. The third-order valence-corrected chi connectivity index (χ3v) is 2.84. The lowest BCUT2D eigenvalue weighted by atomic mass is 10.2. The average Bonchev–Trinajstić information content (AvgIpc) is 2.54. The lowest BCUT2D eigenvalue weighted by molar-refractivity contribution is -0.385. The number of esters is 1. The molecule has 0 heterocycles. The molecule has 24 heavy (non-hydrogen) atoms. The maximum absolute atomic E-state index is 12.0. The zero-order chi connectivity index (χ0) is 17.5. The van der Waals surface area contributed by atoms with Crippen molar-refractivity contribution in [1.82, 2.24) is 5.43 Å². The van der Waals surface area contributed by atoms with Crippen molar-refractivity contribution < 1.29 is 19.2 Å². The summed E-state index contributed by atoms with van der Waals surface area (Å²) < 4.78 is 4.93. The van der Waals surface area contributed by atoms with Gasteiger partial charge in [-0.05, 0) is 23.8 Å². The van der Waals surface area contributed by atoms with Crippen molar-refractivity contribution in [3.05, 3.63) is 69.8 Å². The minimum Gasteiger partial charge on any atom is -0.427 e. The highest BCUT2D eigenvalue weighted by atomic mass is 16.6. The first-order chi connectivity index (χ1) is 11.5. The van der Waals surface area contributed by atoms with Crippen molar-refractivity contribution >= 4 is 23.8 Å². The van der Waals surface area contributed by atoms with E-state index < -0.39 is 16.8 Å². The fraction of sp³-hybridized carbons (Fsp3) is 0.0625. The number of hydrogen-bond acceptors (Lipinski definition) is 6. The molecule has 0 saturated carbocycles. The molecule has 0 aromatic heterocycles. The van der Waals surface area contributed by atoms with E-state index in [9.17, 15) is 19.7 Å². The first-order valence-corrected chi connectivity index (χ1v) is 6.82. The van der Waals surface area contributed by atoms with Gasteiger partial charge in [-0.3, -0.25) is 19.7 Å². The molecule has 2 rings (SSSR count). The molecular formula is C16H13N3O5. The van der Waals surface area contributed by atoms with Crippen LogP contribution in [-0.4, -0.2) is 23.0 Å². The molecule has 0 atom stereocenters. The van der Waals surface area contributed by atoms with E-state index in [2.05, 4.69) is 10.5 Å². The second-order valence-electron chi connectivity index (χ2n) is 4.64. The molecule has 0 unspecified atom stereocenters. The van der Waals surface area contributed by atoms with Crippen LogP contribution in [0.3, 0.4) is 0 Å². The number of hydrogen-bond donors (Lipinski definition) is 1. The van der Waals surface area contributed by atoms with Gasteiger partial charge in [0.25, 0.3) is 11.6 Å². The van der Waals surface area contributed by atoms with Crippen LogP contribution in [-0.2, 0) is 4.79 Å². The number of benzene rings is 2. The van der Waals surface area contributed by atoms with Crippen LogP contribution in [0.25, 0.3) is 0 Å². The predicted molar refractivity (Wildman–Crippen MR) is 85.9 cm³/mol. The van der Waals surface area contributed by atoms with Crippen LogP contribution < -0.4 is 10.2 Å². The topological polar surface area (TPSA) is 111 Å². The number of nitro benzene ring substituents is 1. The number of hydrazone groups is 1. The van der Waals surface area contributed by atoms with Crippen LogP contribution in [0.4, 0.5) is 5.69 Å². The SMILES string of the molecule is CC(=O)Oc1cccc(/C=N\NC(=O)c2ccccc2[N+](=O)[O-])c1. The Bertz CT molecular complexity index is 817. The summed E-state index contributed by atoms with van der Waals surface area (Å²) in [6, 6.07) is 12.1. The zero-order valence-corrected chi connectivity index (χ0v) is 12.6. The number of nitrogens with zero attached hydrogens (tertiary/aromatic N) is 2. The maximum atomic E-state index is 12.0. The van der Waals surface area contributed by atoms with Crippen molar-refractivity contribution in [2.75, 3.05) is 0 Å². The normalized spacial score (nSPS) is 10.4. The van der Waals surface area contributed by atoms with Gasteiger partial charge in [-0.2, -0.15) is 5.10 Å². The Balaban J connectivity index is 2.08. The fourth-order valence-corrected chi connectivity index (χ4v) is 1.87. The Morgan fingerprint density at radius 2 is 1.96 bits per heavy atom. The molecule has 2 aromatic carbocycles. The third-order valence-electron chi connectivity index (χ3n) is 2.84. The molecule has 0 saturated heterocycles. The molecule has 8 nitrogen and oxygen atoms in total. The van der Waals surface area contributed by atoms with E-state index in [0.717, 1.165) is 0 Å². The maximum Gasteiger partial charge on any atom is 0.308 e. The van der Waals surface area contributed by atoms with Gasteiger partial charge in [-0.15, -0.1) is 0 Å². The number of carbonyl (C=O) groups is 2. The summed E-state index contributed by atoms with van der Waals surface area (Å²) >= 11 is 0. The van der Waals surface area contributed by atoms with Crippen molar-refractivity contribution in [3.8, 4) is 5.75 Å². The molecule has 8 heteroatoms. The Kier molecular flexibility index (Phi) is 5.35. The molecule has 2 aromatic rings. The van der Waals surface area contributed by atoms with Gasteiger partial charge in [0.1, 0.15) is 11.3 Å². The summed E-state index contributed by atoms with van der Waals surface area (Å²) in [6.07, 6.45) is 1.33. The second kappa shape index (κ2) is 7.63. The molecule has 0 spiro atoms. The lowest BCUT2D eigenvalue weighted by Crippen LogP contribution is -2.18. The number of rotatable bonds is 5. The quantitative estimate of drug-likeness (QED) is 0.298. The summed E-state index contributed by atoms with van der Waals surface area (Å²) in [4.78, 5) is 33.1. The van der Waals surface area contributed by atoms with Crippen LogP contribution in [0.5, 0.6) is 5.75 Å². The Labute approximate surface area is 136 Å².